The Bertz CT molecular complexity index is 469. The van der Waals surface area contributed by atoms with E-state index in [0.717, 1.165) is 0 Å². The molecule has 0 radical (unpaired) electrons. The summed E-state index contributed by atoms with van der Waals surface area (Å²) >= 11 is 0. The highest BCUT2D eigenvalue weighted by atomic mass is 16.6. The molecule has 1 aromatic carbocycles. The maximum Gasteiger partial charge on any atom is 0.179 e. The van der Waals surface area contributed by atoms with E-state index in [1.807, 2.05) is 6.92 Å². The van der Waals surface area contributed by atoms with Gasteiger partial charge >= 0.3 is 0 Å². The molecule has 0 amide bonds. The van der Waals surface area contributed by atoms with E-state index >= 15 is 0 Å². The maximum atomic E-state index is 5.70. The van der Waals surface area contributed by atoms with Crippen LogP contribution in [0.3, 0.4) is 0 Å². The van der Waals surface area contributed by atoms with Crippen LogP contribution in [0.15, 0.2) is 16.8 Å². The molecule has 0 bridgehead atoms. The Kier molecular flexibility index (Phi) is 3.21. The molecule has 6 heteroatoms. The quantitative estimate of drug-likeness (QED) is 0.606. The van der Waals surface area contributed by atoms with E-state index in [9.17, 15) is 0 Å². The molecule has 6 nitrogen and oxygen atoms in total. The maximum absolute atomic E-state index is 5.70. The smallest absolute Gasteiger partial charge is 0.179 e. The van der Waals surface area contributed by atoms with Crippen molar-refractivity contribution in [3.8, 4) is 5.75 Å². The van der Waals surface area contributed by atoms with Gasteiger partial charge in [-0.25, -0.2) is 4.63 Å². The van der Waals surface area contributed by atoms with E-state index in [1.54, 1.807) is 12.1 Å². The van der Waals surface area contributed by atoms with E-state index in [2.05, 4.69) is 14.9 Å². The molecule has 0 aliphatic heterocycles. The molecule has 86 valence electrons. The summed E-state index contributed by atoms with van der Waals surface area (Å²) in [6, 6.07) is 3.45. The third-order valence-corrected chi connectivity index (χ3v) is 2.10. The Balaban J connectivity index is 2.12. The van der Waals surface area contributed by atoms with Crippen molar-refractivity contribution in [2.24, 2.45) is 0 Å². The highest BCUT2D eigenvalue weighted by molar-refractivity contribution is 5.90. The molecule has 0 unspecified atom stereocenters. The molecular formula is C10H13N3O3. The average molecular weight is 223 g/mol. The molecule has 0 spiro atoms. The first-order valence-electron chi connectivity index (χ1n) is 5.04. The topological polar surface area (TPSA) is 83.4 Å². The molecule has 1 heterocycles. The molecule has 0 fully saturated rings. The summed E-state index contributed by atoms with van der Waals surface area (Å²) in [5.74, 6) is 0.602. The van der Waals surface area contributed by atoms with E-state index in [0.29, 0.717) is 42.3 Å². The standard InChI is InChI=1S/C10H13N3O3/c1-2-14-5-6-15-8-4-3-7(11)9-10(8)13-16-12-9/h3-4H,2,5-6,11H2,1H3. The number of fused-ring (bicyclic) bond motifs is 1. The van der Waals surface area contributed by atoms with Gasteiger partial charge in [0, 0.05) is 6.61 Å². The largest absolute Gasteiger partial charge is 0.489 e. The predicted octanol–water partition coefficient (Wildman–Crippen LogP) is 1.22. The van der Waals surface area contributed by atoms with Gasteiger partial charge in [0.25, 0.3) is 0 Å². The molecule has 0 saturated carbocycles. The van der Waals surface area contributed by atoms with E-state index in [-0.39, 0.29) is 0 Å². The summed E-state index contributed by atoms with van der Waals surface area (Å²) in [4.78, 5) is 0. The summed E-state index contributed by atoms with van der Waals surface area (Å²) in [5, 5.41) is 7.45. The predicted molar refractivity (Wildman–Crippen MR) is 58.2 cm³/mol. The molecular weight excluding hydrogens is 210 g/mol. The van der Waals surface area contributed by atoms with Crippen LogP contribution >= 0.6 is 0 Å². The number of ether oxygens (including phenoxy) is 2. The summed E-state index contributed by atoms with van der Waals surface area (Å²) in [5.41, 5.74) is 7.29. The van der Waals surface area contributed by atoms with Crippen LogP contribution in [0.4, 0.5) is 5.69 Å². The van der Waals surface area contributed by atoms with Gasteiger partial charge in [-0.15, -0.1) is 0 Å². The molecule has 2 aromatic rings. The third kappa shape index (κ3) is 2.06. The number of nitrogens with zero attached hydrogens (tertiary/aromatic N) is 2. The van der Waals surface area contributed by atoms with Gasteiger partial charge in [0.15, 0.2) is 16.8 Å². The fraction of sp³-hybridized carbons (Fsp3) is 0.400. The SMILES string of the molecule is CCOCCOc1ccc(N)c2nonc12. The fourth-order valence-corrected chi connectivity index (χ4v) is 1.33. The van der Waals surface area contributed by atoms with Gasteiger partial charge in [0.05, 0.1) is 12.3 Å². The fourth-order valence-electron chi connectivity index (χ4n) is 1.33. The first-order valence-corrected chi connectivity index (χ1v) is 5.04. The molecule has 0 aliphatic rings. The Morgan fingerprint density at radius 3 is 2.88 bits per heavy atom. The number of hydrogen-bond acceptors (Lipinski definition) is 6. The van der Waals surface area contributed by atoms with E-state index in [4.69, 9.17) is 15.2 Å². The summed E-state index contributed by atoms with van der Waals surface area (Å²) in [6.07, 6.45) is 0. The van der Waals surface area contributed by atoms with Crippen LogP contribution in [0.25, 0.3) is 11.0 Å². The van der Waals surface area contributed by atoms with Gasteiger partial charge < -0.3 is 15.2 Å². The van der Waals surface area contributed by atoms with Crippen LogP contribution in [0, 0.1) is 0 Å². The van der Waals surface area contributed by atoms with Crippen molar-refractivity contribution in [3.63, 3.8) is 0 Å². The average Bonchev–Trinajstić information content (AvgIpc) is 2.77. The minimum atomic E-state index is 0.458. The Morgan fingerprint density at radius 1 is 1.25 bits per heavy atom. The van der Waals surface area contributed by atoms with Crippen LogP contribution in [-0.4, -0.2) is 30.1 Å². The number of nitrogen functional groups attached to an aromatic ring is 1. The summed E-state index contributed by atoms with van der Waals surface area (Å²) in [6.45, 7) is 3.60. The normalized spacial score (nSPS) is 10.8. The molecule has 0 aliphatic carbocycles. The Hall–Kier alpha value is -1.82. The second-order valence-electron chi connectivity index (χ2n) is 3.16. The van der Waals surface area contributed by atoms with Gasteiger partial charge in [-0.3, -0.25) is 0 Å². The number of hydrogen-bond donors (Lipinski definition) is 1. The van der Waals surface area contributed by atoms with E-state index in [1.165, 1.54) is 0 Å². The van der Waals surface area contributed by atoms with Crippen molar-refractivity contribution >= 4 is 16.7 Å². The lowest BCUT2D eigenvalue weighted by Gasteiger charge is -2.06. The Morgan fingerprint density at radius 2 is 2.06 bits per heavy atom. The lowest BCUT2D eigenvalue weighted by molar-refractivity contribution is 0.110. The number of nitrogens with two attached hydrogens (primary N) is 1. The van der Waals surface area contributed by atoms with Gasteiger partial charge in [0.1, 0.15) is 6.61 Å². The van der Waals surface area contributed by atoms with Crippen molar-refractivity contribution in [1.82, 2.24) is 10.3 Å². The minimum absolute atomic E-state index is 0.458. The van der Waals surface area contributed by atoms with Crippen LogP contribution in [-0.2, 0) is 4.74 Å². The van der Waals surface area contributed by atoms with Crippen LogP contribution in [0.2, 0.25) is 0 Å². The lowest BCUT2D eigenvalue weighted by atomic mass is 10.2. The molecule has 2 rings (SSSR count). The number of rotatable bonds is 5. The van der Waals surface area contributed by atoms with Crippen molar-refractivity contribution in [2.45, 2.75) is 6.92 Å². The highest BCUT2D eigenvalue weighted by Crippen LogP contribution is 2.26. The van der Waals surface area contributed by atoms with Crippen LogP contribution < -0.4 is 10.5 Å². The minimum Gasteiger partial charge on any atom is -0.489 e. The number of anilines is 1. The van der Waals surface area contributed by atoms with E-state index < -0.39 is 0 Å². The molecule has 0 saturated heterocycles. The second kappa shape index (κ2) is 4.80. The third-order valence-electron chi connectivity index (χ3n) is 2.10. The highest BCUT2D eigenvalue weighted by Gasteiger charge is 2.10. The molecule has 1 aromatic heterocycles. The molecule has 2 N–H and O–H groups in total. The molecule has 0 atom stereocenters. The van der Waals surface area contributed by atoms with Gasteiger partial charge in [0.2, 0.25) is 0 Å². The Labute approximate surface area is 92.3 Å². The molecule has 16 heavy (non-hydrogen) atoms. The van der Waals surface area contributed by atoms with Gasteiger partial charge in [-0.1, -0.05) is 0 Å². The van der Waals surface area contributed by atoms with Gasteiger partial charge in [-0.05, 0) is 29.4 Å². The first kappa shape index (κ1) is 10.7. The van der Waals surface area contributed by atoms with Crippen molar-refractivity contribution in [3.05, 3.63) is 12.1 Å². The summed E-state index contributed by atoms with van der Waals surface area (Å²) < 4.78 is 15.3. The van der Waals surface area contributed by atoms with Crippen molar-refractivity contribution < 1.29 is 14.1 Å². The van der Waals surface area contributed by atoms with Gasteiger partial charge in [-0.2, -0.15) is 0 Å². The lowest BCUT2D eigenvalue weighted by Crippen LogP contribution is -2.06. The zero-order valence-electron chi connectivity index (χ0n) is 8.97. The van der Waals surface area contributed by atoms with Crippen molar-refractivity contribution in [2.75, 3.05) is 25.6 Å². The monoisotopic (exact) mass is 223 g/mol. The zero-order valence-corrected chi connectivity index (χ0v) is 8.97. The number of benzene rings is 1. The zero-order chi connectivity index (χ0) is 11.4. The first-order chi connectivity index (χ1) is 7.83. The second-order valence-corrected chi connectivity index (χ2v) is 3.16. The van der Waals surface area contributed by atoms with Crippen molar-refractivity contribution in [1.29, 1.82) is 0 Å². The number of aromatic nitrogens is 2. The van der Waals surface area contributed by atoms with Crippen LogP contribution in [0.5, 0.6) is 5.75 Å². The summed E-state index contributed by atoms with van der Waals surface area (Å²) in [7, 11) is 0. The van der Waals surface area contributed by atoms with Crippen LogP contribution in [0.1, 0.15) is 6.92 Å².